The van der Waals surface area contributed by atoms with Crippen LogP contribution >= 0.6 is 15.9 Å². The highest BCUT2D eigenvalue weighted by atomic mass is 79.9. The fourth-order valence-electron chi connectivity index (χ4n) is 2.81. The second-order valence-electron chi connectivity index (χ2n) is 8.15. The molecule has 1 amide bonds. The highest BCUT2D eigenvalue weighted by molar-refractivity contribution is 9.10. The number of halogens is 1. The molecule has 2 rings (SSSR count). The maximum atomic E-state index is 12.1. The number of nitrogens with one attached hydrogen (secondary N) is 1. The molecule has 0 bridgehead atoms. The van der Waals surface area contributed by atoms with Gasteiger partial charge in [0, 0.05) is 0 Å². The number of benzene rings is 1. The molecule has 0 saturated carbocycles. The SMILES string of the molecule is C=C(C)[C@H]1CC=C(C)/C(=N\NC(=O)COc2ccc(C(C)(C)C)cc2Br)C1. The van der Waals surface area contributed by atoms with Gasteiger partial charge in [0.2, 0.25) is 0 Å². The van der Waals surface area contributed by atoms with Crippen LogP contribution in [0.2, 0.25) is 0 Å². The van der Waals surface area contributed by atoms with E-state index in [1.807, 2.05) is 32.0 Å². The van der Waals surface area contributed by atoms with Gasteiger partial charge in [-0.15, -0.1) is 0 Å². The van der Waals surface area contributed by atoms with Crippen molar-refractivity contribution in [1.82, 2.24) is 5.43 Å². The second-order valence-corrected chi connectivity index (χ2v) is 9.00. The van der Waals surface area contributed by atoms with Gasteiger partial charge in [-0.1, -0.05) is 45.1 Å². The van der Waals surface area contributed by atoms with Gasteiger partial charge in [0.15, 0.2) is 6.61 Å². The normalized spacial score (nSPS) is 18.8. The minimum atomic E-state index is -0.278. The lowest BCUT2D eigenvalue weighted by atomic mass is 9.85. The van der Waals surface area contributed by atoms with Gasteiger partial charge in [-0.25, -0.2) is 5.43 Å². The van der Waals surface area contributed by atoms with Crippen molar-refractivity contribution in [2.45, 2.75) is 52.9 Å². The number of ether oxygens (including phenoxy) is 1. The van der Waals surface area contributed by atoms with Crippen LogP contribution in [0.15, 0.2) is 51.6 Å². The van der Waals surface area contributed by atoms with Crippen molar-refractivity contribution in [2.75, 3.05) is 6.61 Å². The van der Waals surface area contributed by atoms with Crippen LogP contribution in [0.5, 0.6) is 5.75 Å². The summed E-state index contributed by atoms with van der Waals surface area (Å²) in [4.78, 5) is 12.1. The van der Waals surface area contributed by atoms with Crippen LogP contribution in [-0.2, 0) is 10.2 Å². The number of hydrogen-bond acceptors (Lipinski definition) is 3. The summed E-state index contributed by atoms with van der Waals surface area (Å²) in [6.07, 6.45) is 3.94. The number of hydrazone groups is 1. The molecule has 1 aliphatic carbocycles. The molecule has 4 nitrogen and oxygen atoms in total. The molecule has 0 unspecified atom stereocenters. The van der Waals surface area contributed by atoms with Gasteiger partial charge in [-0.3, -0.25) is 4.79 Å². The molecule has 1 aliphatic rings. The maximum absolute atomic E-state index is 12.1. The van der Waals surface area contributed by atoms with E-state index < -0.39 is 0 Å². The molecule has 0 heterocycles. The van der Waals surface area contributed by atoms with Crippen LogP contribution in [0.4, 0.5) is 0 Å². The monoisotopic (exact) mass is 432 g/mol. The quantitative estimate of drug-likeness (QED) is 0.490. The van der Waals surface area contributed by atoms with Crippen molar-refractivity contribution in [2.24, 2.45) is 11.0 Å². The zero-order chi connectivity index (χ0) is 20.2. The first-order valence-electron chi connectivity index (χ1n) is 9.18. The van der Waals surface area contributed by atoms with Crippen LogP contribution in [0.1, 0.15) is 53.0 Å². The molecular weight excluding hydrogens is 404 g/mol. The Kier molecular flexibility index (Phi) is 7.04. The van der Waals surface area contributed by atoms with Gasteiger partial charge in [-0.05, 0) is 77.2 Å². The molecule has 0 radical (unpaired) electrons. The molecular formula is C22H29BrN2O2. The summed E-state index contributed by atoms with van der Waals surface area (Å²) in [7, 11) is 0. The fraction of sp³-hybridized carbons (Fsp3) is 0.455. The number of allylic oxidation sites excluding steroid dienone is 3. The predicted octanol–water partition coefficient (Wildman–Crippen LogP) is 5.53. The first-order chi connectivity index (χ1) is 12.6. The number of carbonyl (C=O) groups excluding carboxylic acids is 1. The summed E-state index contributed by atoms with van der Waals surface area (Å²) in [5.41, 5.74) is 7.01. The third-order valence-electron chi connectivity index (χ3n) is 4.77. The van der Waals surface area contributed by atoms with Crippen LogP contribution in [0.3, 0.4) is 0 Å². The molecule has 0 aliphatic heterocycles. The van der Waals surface area contributed by atoms with Crippen LogP contribution in [-0.4, -0.2) is 18.2 Å². The summed E-state index contributed by atoms with van der Waals surface area (Å²) >= 11 is 3.52. The number of amides is 1. The zero-order valence-electron chi connectivity index (χ0n) is 16.9. The van der Waals surface area contributed by atoms with E-state index in [9.17, 15) is 4.79 Å². The lowest BCUT2D eigenvalue weighted by Gasteiger charge is -2.22. The molecule has 0 fully saturated rings. The smallest absolute Gasteiger partial charge is 0.277 e. The van der Waals surface area contributed by atoms with Gasteiger partial charge in [0.1, 0.15) is 5.75 Å². The Hall–Kier alpha value is -1.88. The average Bonchev–Trinajstić information content (AvgIpc) is 2.58. The lowest BCUT2D eigenvalue weighted by molar-refractivity contribution is -0.123. The number of carbonyl (C=O) groups is 1. The Morgan fingerprint density at radius 1 is 1.41 bits per heavy atom. The molecule has 0 spiro atoms. The molecule has 0 saturated heterocycles. The Morgan fingerprint density at radius 2 is 2.11 bits per heavy atom. The van der Waals surface area contributed by atoms with Crippen molar-refractivity contribution in [1.29, 1.82) is 0 Å². The highest BCUT2D eigenvalue weighted by Gasteiger charge is 2.19. The molecule has 27 heavy (non-hydrogen) atoms. The van der Waals surface area contributed by atoms with E-state index in [1.165, 1.54) is 5.56 Å². The number of rotatable bonds is 5. The molecule has 1 N–H and O–H groups in total. The van der Waals surface area contributed by atoms with Crippen molar-refractivity contribution >= 4 is 27.5 Å². The molecule has 5 heteroatoms. The summed E-state index contributed by atoms with van der Waals surface area (Å²) in [5, 5.41) is 4.29. The largest absolute Gasteiger partial charge is 0.483 e. The lowest BCUT2D eigenvalue weighted by Crippen LogP contribution is -2.27. The minimum absolute atomic E-state index is 0.0571. The minimum Gasteiger partial charge on any atom is -0.483 e. The average molecular weight is 433 g/mol. The summed E-state index contributed by atoms with van der Waals surface area (Å²) in [6, 6.07) is 5.93. The summed E-state index contributed by atoms with van der Waals surface area (Å²) in [5.74, 6) is 0.749. The molecule has 1 aromatic rings. The van der Waals surface area contributed by atoms with Crippen LogP contribution in [0.25, 0.3) is 0 Å². The van der Waals surface area contributed by atoms with Gasteiger partial charge >= 0.3 is 0 Å². The second kappa shape index (κ2) is 8.87. The summed E-state index contributed by atoms with van der Waals surface area (Å²) < 4.78 is 6.47. The van der Waals surface area contributed by atoms with Gasteiger partial charge in [0.25, 0.3) is 5.91 Å². The Labute approximate surface area is 170 Å². The molecule has 1 atom stereocenters. The maximum Gasteiger partial charge on any atom is 0.277 e. The third-order valence-corrected chi connectivity index (χ3v) is 5.39. The first-order valence-corrected chi connectivity index (χ1v) is 9.98. The van der Waals surface area contributed by atoms with E-state index in [0.29, 0.717) is 11.7 Å². The highest BCUT2D eigenvalue weighted by Crippen LogP contribution is 2.31. The van der Waals surface area contributed by atoms with Crippen LogP contribution < -0.4 is 10.2 Å². The van der Waals surface area contributed by atoms with E-state index in [1.54, 1.807) is 0 Å². The van der Waals surface area contributed by atoms with Crippen LogP contribution in [0, 0.1) is 5.92 Å². The van der Waals surface area contributed by atoms with E-state index in [4.69, 9.17) is 4.74 Å². The van der Waals surface area contributed by atoms with Crippen molar-refractivity contribution in [3.63, 3.8) is 0 Å². The Morgan fingerprint density at radius 3 is 2.70 bits per heavy atom. The van der Waals surface area contributed by atoms with E-state index in [0.717, 1.165) is 34.2 Å². The Bertz CT molecular complexity index is 788. The van der Waals surface area contributed by atoms with E-state index >= 15 is 0 Å². The molecule has 146 valence electrons. The molecule has 0 aromatic heterocycles. The van der Waals surface area contributed by atoms with E-state index in [2.05, 4.69) is 59.9 Å². The third kappa shape index (κ3) is 6.06. The molecule has 1 aromatic carbocycles. The number of nitrogens with zero attached hydrogens (tertiary/aromatic N) is 1. The van der Waals surface area contributed by atoms with E-state index in [-0.39, 0.29) is 17.9 Å². The predicted molar refractivity (Wildman–Crippen MR) is 115 cm³/mol. The summed E-state index contributed by atoms with van der Waals surface area (Å²) in [6.45, 7) is 14.5. The van der Waals surface area contributed by atoms with Gasteiger partial charge < -0.3 is 4.74 Å². The van der Waals surface area contributed by atoms with Gasteiger partial charge in [-0.2, -0.15) is 5.10 Å². The van der Waals surface area contributed by atoms with Gasteiger partial charge in [0.05, 0.1) is 10.2 Å². The number of hydrogen-bond donors (Lipinski definition) is 1. The fourth-order valence-corrected chi connectivity index (χ4v) is 3.31. The first kappa shape index (κ1) is 21.4. The topological polar surface area (TPSA) is 50.7 Å². The van der Waals surface area contributed by atoms with Crippen molar-refractivity contribution in [3.8, 4) is 5.75 Å². The standard InChI is InChI=1S/C22H29BrN2O2/c1-14(2)16-8-7-15(3)19(11-16)24-25-21(26)13-27-20-10-9-17(12-18(20)23)22(4,5)6/h7,9-10,12,16H,1,8,11,13H2,2-6H3,(H,25,26)/b24-19-/t16-/m0/s1. The zero-order valence-corrected chi connectivity index (χ0v) is 18.4. The Balaban J connectivity index is 1.94. The van der Waals surface area contributed by atoms with Crippen molar-refractivity contribution < 1.29 is 9.53 Å². The van der Waals surface area contributed by atoms with Crippen molar-refractivity contribution in [3.05, 3.63) is 52.0 Å².